The van der Waals surface area contributed by atoms with Crippen LogP contribution in [0.2, 0.25) is 5.02 Å². The average Bonchev–Trinajstić information content (AvgIpc) is 2.47. The number of sulfonamides is 1. The van der Waals surface area contributed by atoms with Gasteiger partial charge in [-0.05, 0) is 38.1 Å². The van der Waals surface area contributed by atoms with Crippen molar-refractivity contribution in [3.05, 3.63) is 23.2 Å². The van der Waals surface area contributed by atoms with Gasteiger partial charge in [0.2, 0.25) is 10.0 Å². The molecule has 1 atom stereocenters. The topological polar surface area (TPSA) is 58.6 Å². The quantitative estimate of drug-likeness (QED) is 0.918. The van der Waals surface area contributed by atoms with E-state index in [9.17, 15) is 8.42 Å². The van der Waals surface area contributed by atoms with Gasteiger partial charge in [-0.2, -0.15) is 4.31 Å². The number of hydrogen-bond acceptors (Lipinski definition) is 4. The van der Waals surface area contributed by atoms with E-state index in [1.165, 1.54) is 23.5 Å². The van der Waals surface area contributed by atoms with Crippen molar-refractivity contribution in [2.45, 2.75) is 23.8 Å². The van der Waals surface area contributed by atoms with E-state index in [1.807, 2.05) is 7.05 Å². The summed E-state index contributed by atoms with van der Waals surface area (Å²) in [4.78, 5) is 0.208. The van der Waals surface area contributed by atoms with Gasteiger partial charge >= 0.3 is 0 Å². The lowest BCUT2D eigenvalue weighted by Crippen LogP contribution is -2.46. The second-order valence-electron chi connectivity index (χ2n) is 4.79. The molecular weight excluding hydrogens is 300 g/mol. The molecule has 5 nitrogen and oxygen atoms in total. The zero-order chi connectivity index (χ0) is 14.8. The molecule has 0 amide bonds. The van der Waals surface area contributed by atoms with Crippen molar-refractivity contribution in [3.8, 4) is 5.75 Å². The summed E-state index contributed by atoms with van der Waals surface area (Å²) in [5.41, 5.74) is 0. The highest BCUT2D eigenvalue weighted by molar-refractivity contribution is 7.89. The third-order valence-electron chi connectivity index (χ3n) is 3.55. The Labute approximate surface area is 124 Å². The molecule has 0 saturated carbocycles. The predicted octanol–water partition coefficient (Wildman–Crippen LogP) is 1.72. The molecule has 0 bridgehead atoms. The Balaban J connectivity index is 2.28. The van der Waals surface area contributed by atoms with Gasteiger partial charge < -0.3 is 10.1 Å². The van der Waals surface area contributed by atoms with Crippen LogP contribution in [0.25, 0.3) is 0 Å². The van der Waals surface area contributed by atoms with Gasteiger partial charge in [0.05, 0.1) is 17.0 Å². The number of rotatable bonds is 4. The molecule has 1 aromatic rings. The molecular formula is C13H19ClN2O3S. The highest BCUT2D eigenvalue weighted by Gasteiger charge is 2.30. The van der Waals surface area contributed by atoms with E-state index in [2.05, 4.69) is 5.32 Å². The number of halogens is 1. The van der Waals surface area contributed by atoms with Crippen LogP contribution in [0.4, 0.5) is 0 Å². The van der Waals surface area contributed by atoms with Crippen molar-refractivity contribution in [1.82, 2.24) is 9.62 Å². The number of methoxy groups -OCH3 is 1. The lowest BCUT2D eigenvalue weighted by molar-refractivity contribution is 0.293. The third-order valence-corrected chi connectivity index (χ3v) is 5.71. The van der Waals surface area contributed by atoms with Crippen LogP contribution in [0.1, 0.15) is 12.8 Å². The maximum Gasteiger partial charge on any atom is 0.243 e. The minimum Gasteiger partial charge on any atom is -0.495 e. The Morgan fingerprint density at radius 1 is 1.45 bits per heavy atom. The first-order valence-electron chi connectivity index (χ1n) is 6.50. The van der Waals surface area contributed by atoms with E-state index in [-0.39, 0.29) is 10.9 Å². The largest absolute Gasteiger partial charge is 0.495 e. The number of benzene rings is 1. The zero-order valence-electron chi connectivity index (χ0n) is 11.6. The van der Waals surface area contributed by atoms with Crippen molar-refractivity contribution in [2.24, 2.45) is 0 Å². The van der Waals surface area contributed by atoms with E-state index in [0.29, 0.717) is 23.9 Å². The first kappa shape index (κ1) is 15.6. The minimum absolute atomic E-state index is 0.201. The molecule has 1 aliphatic rings. The van der Waals surface area contributed by atoms with Crippen LogP contribution < -0.4 is 10.1 Å². The highest BCUT2D eigenvalue weighted by Crippen LogP contribution is 2.29. The molecule has 0 aromatic heterocycles. The van der Waals surface area contributed by atoms with Crippen molar-refractivity contribution >= 4 is 21.6 Å². The van der Waals surface area contributed by atoms with Crippen LogP contribution in [0.15, 0.2) is 23.1 Å². The molecule has 2 rings (SSSR count). The van der Waals surface area contributed by atoms with Crippen LogP contribution in [-0.2, 0) is 10.0 Å². The maximum absolute atomic E-state index is 12.6. The van der Waals surface area contributed by atoms with Crippen molar-refractivity contribution in [3.63, 3.8) is 0 Å². The van der Waals surface area contributed by atoms with Gasteiger partial charge in [-0.15, -0.1) is 0 Å². The molecule has 1 aromatic carbocycles. The van der Waals surface area contributed by atoms with E-state index < -0.39 is 10.0 Å². The molecule has 1 saturated heterocycles. The van der Waals surface area contributed by atoms with Crippen molar-refractivity contribution in [1.29, 1.82) is 0 Å². The van der Waals surface area contributed by atoms with Crippen LogP contribution in [0.3, 0.4) is 0 Å². The summed E-state index contributed by atoms with van der Waals surface area (Å²) in [5, 5.41) is 3.44. The monoisotopic (exact) mass is 318 g/mol. The SMILES string of the molecule is CNC1CCCN(S(=O)(=O)c2ccc(OC)c(Cl)c2)C1. The van der Waals surface area contributed by atoms with E-state index in [4.69, 9.17) is 16.3 Å². The van der Waals surface area contributed by atoms with Gasteiger partial charge in [0.1, 0.15) is 5.75 Å². The van der Waals surface area contributed by atoms with Crippen LogP contribution in [0, 0.1) is 0 Å². The molecule has 1 unspecified atom stereocenters. The predicted molar refractivity (Wildman–Crippen MR) is 78.8 cm³/mol. The molecule has 0 radical (unpaired) electrons. The summed E-state index contributed by atoms with van der Waals surface area (Å²) >= 11 is 6.01. The number of piperidine rings is 1. The Hall–Kier alpha value is -0.820. The number of ether oxygens (including phenoxy) is 1. The van der Waals surface area contributed by atoms with Gasteiger partial charge in [0, 0.05) is 19.1 Å². The molecule has 1 aliphatic heterocycles. The summed E-state index contributed by atoms with van der Waals surface area (Å²) in [6, 6.07) is 4.75. The number of hydrogen-bond donors (Lipinski definition) is 1. The average molecular weight is 319 g/mol. The van der Waals surface area contributed by atoms with Gasteiger partial charge in [0.15, 0.2) is 0 Å². The highest BCUT2D eigenvalue weighted by atomic mass is 35.5. The Morgan fingerprint density at radius 3 is 2.80 bits per heavy atom. The molecule has 112 valence electrons. The Kier molecular flexibility index (Phi) is 4.90. The fraction of sp³-hybridized carbons (Fsp3) is 0.538. The molecule has 1 N–H and O–H groups in total. The smallest absolute Gasteiger partial charge is 0.243 e. The minimum atomic E-state index is -3.50. The number of nitrogens with zero attached hydrogens (tertiary/aromatic N) is 1. The summed E-state index contributed by atoms with van der Waals surface area (Å²) in [6.45, 7) is 1.03. The lowest BCUT2D eigenvalue weighted by atomic mass is 10.1. The summed E-state index contributed by atoms with van der Waals surface area (Å²) in [6.07, 6.45) is 1.85. The number of nitrogens with one attached hydrogen (secondary N) is 1. The third kappa shape index (κ3) is 3.09. The standard InChI is InChI=1S/C13H19ClN2O3S/c1-15-10-4-3-7-16(9-10)20(17,18)11-5-6-13(19-2)12(14)8-11/h5-6,8,10,15H,3-4,7,9H2,1-2H3. The lowest BCUT2D eigenvalue weighted by Gasteiger charge is -2.31. The van der Waals surface area contributed by atoms with Crippen molar-refractivity contribution in [2.75, 3.05) is 27.2 Å². The van der Waals surface area contributed by atoms with Crippen LogP contribution in [-0.4, -0.2) is 46.0 Å². The van der Waals surface area contributed by atoms with Gasteiger partial charge in [-0.1, -0.05) is 11.6 Å². The Morgan fingerprint density at radius 2 is 2.20 bits per heavy atom. The van der Waals surface area contributed by atoms with Crippen LogP contribution >= 0.6 is 11.6 Å². The molecule has 1 fully saturated rings. The number of likely N-dealkylation sites (N-methyl/N-ethyl adjacent to an activating group) is 1. The maximum atomic E-state index is 12.6. The van der Waals surface area contributed by atoms with Crippen LogP contribution in [0.5, 0.6) is 5.75 Å². The second-order valence-corrected chi connectivity index (χ2v) is 7.13. The first-order chi connectivity index (χ1) is 9.48. The van der Waals surface area contributed by atoms with E-state index in [0.717, 1.165) is 12.8 Å². The van der Waals surface area contributed by atoms with Crippen molar-refractivity contribution < 1.29 is 13.2 Å². The fourth-order valence-corrected chi connectivity index (χ4v) is 4.23. The van der Waals surface area contributed by atoms with Gasteiger partial charge in [-0.25, -0.2) is 8.42 Å². The zero-order valence-corrected chi connectivity index (χ0v) is 13.2. The summed E-state index contributed by atoms with van der Waals surface area (Å²) in [7, 11) is -0.149. The van der Waals surface area contributed by atoms with Gasteiger partial charge in [-0.3, -0.25) is 0 Å². The second kappa shape index (κ2) is 6.30. The fourth-order valence-electron chi connectivity index (χ4n) is 2.35. The van der Waals surface area contributed by atoms with E-state index >= 15 is 0 Å². The molecule has 20 heavy (non-hydrogen) atoms. The summed E-state index contributed by atoms with van der Waals surface area (Å²) < 4.78 is 31.8. The molecule has 7 heteroatoms. The molecule has 1 heterocycles. The molecule has 0 aliphatic carbocycles. The first-order valence-corrected chi connectivity index (χ1v) is 8.32. The summed E-state index contributed by atoms with van der Waals surface area (Å²) in [5.74, 6) is 0.470. The normalized spacial score (nSPS) is 20.9. The van der Waals surface area contributed by atoms with E-state index in [1.54, 1.807) is 6.07 Å². The Bertz CT molecular complexity index is 577. The van der Waals surface area contributed by atoms with Gasteiger partial charge in [0.25, 0.3) is 0 Å². The molecule has 0 spiro atoms.